The molecule has 4 heteroatoms. The first-order valence-corrected chi connectivity index (χ1v) is 18.5. The third-order valence-corrected chi connectivity index (χ3v) is 16.7. The summed E-state index contributed by atoms with van der Waals surface area (Å²) in [6.07, 6.45) is 10.4. The van der Waals surface area contributed by atoms with Gasteiger partial charge in [-0.25, -0.2) is 0 Å². The van der Waals surface area contributed by atoms with E-state index in [2.05, 4.69) is 133 Å². The Hall–Kier alpha value is -3.06. The molecule has 2 aliphatic rings. The van der Waals surface area contributed by atoms with E-state index < -0.39 is 21.3 Å². The molecule has 43 heavy (non-hydrogen) atoms. The Balaban J connectivity index is 0.00000165. The maximum absolute atomic E-state index is 6.41. The van der Waals surface area contributed by atoms with Crippen LogP contribution in [0.15, 0.2) is 146 Å². The zero-order valence-electron chi connectivity index (χ0n) is 23.3. The summed E-state index contributed by atoms with van der Waals surface area (Å²) in [5, 5.41) is 6.37. The van der Waals surface area contributed by atoms with E-state index in [9.17, 15) is 0 Å². The van der Waals surface area contributed by atoms with E-state index in [0.29, 0.717) is 3.63 Å². The van der Waals surface area contributed by atoms with Crippen molar-refractivity contribution < 1.29 is 46.1 Å². The molecule has 0 spiro atoms. The number of halogens is 3. The van der Waals surface area contributed by atoms with Gasteiger partial charge in [0, 0.05) is 0 Å². The fraction of sp³-hybridized carbons (Fsp3) is 0.0513. The summed E-state index contributed by atoms with van der Waals surface area (Å²) in [6.45, 7) is 0. The average molecular weight is 693 g/mol. The minimum atomic E-state index is -2.73. The van der Waals surface area contributed by atoms with Crippen LogP contribution in [0.4, 0.5) is 0 Å². The summed E-state index contributed by atoms with van der Waals surface area (Å²) in [4.78, 5) is 0. The van der Waals surface area contributed by atoms with Crippen LogP contribution in [0.2, 0.25) is 8.65 Å². The van der Waals surface area contributed by atoms with E-state index in [1.165, 1.54) is 58.1 Å². The van der Waals surface area contributed by atoms with Crippen LogP contribution in [-0.4, -0.2) is 3.21 Å². The van der Waals surface area contributed by atoms with Crippen LogP contribution in [0.1, 0.15) is 22.3 Å². The third-order valence-electron chi connectivity index (χ3n) is 8.64. The van der Waals surface area contributed by atoms with Crippen molar-refractivity contribution >= 4 is 39.6 Å². The van der Waals surface area contributed by atoms with Gasteiger partial charge in [-0.15, -0.1) is 0 Å². The number of hydrogen-bond acceptors (Lipinski definition) is 0. The van der Waals surface area contributed by atoms with Gasteiger partial charge in [-0.3, -0.25) is 0 Å². The second-order valence-electron chi connectivity index (χ2n) is 10.9. The number of fused-ring (bicyclic) bond motifs is 8. The standard InChI is InChI=1S/C21H13.C13H9Cl.C5H5.2ClH.Zr/c1-2-8-15-14(7-1)13-20-18-11-4-3-9-16(18)17-10-5-6-12-19(17)21(15)20;14-13-8-6-12(7-9-13)10-11-4-2-1-3-5-11;1-2-4-5-3-1;;;/h1-10,12H,13H2;1-9H;1-5H;2*1H;/q;;;;;+2/p-2. The van der Waals surface area contributed by atoms with Gasteiger partial charge in [0.15, 0.2) is 0 Å². The van der Waals surface area contributed by atoms with Crippen molar-refractivity contribution in [3.05, 3.63) is 173 Å². The van der Waals surface area contributed by atoms with Crippen LogP contribution < -0.4 is 28.1 Å². The molecule has 0 amide bonds. The Morgan fingerprint density at radius 3 is 2.00 bits per heavy atom. The number of hydrogen-bond donors (Lipinski definition) is 0. The molecule has 0 saturated heterocycles. The van der Waals surface area contributed by atoms with Crippen LogP contribution in [0.5, 0.6) is 0 Å². The Morgan fingerprint density at radius 1 is 0.605 bits per heavy atom. The molecule has 2 aliphatic carbocycles. The molecule has 0 bridgehead atoms. The zero-order chi connectivity index (χ0) is 27.3. The Morgan fingerprint density at radius 2 is 1.23 bits per heavy atom. The second-order valence-corrected chi connectivity index (χ2v) is 17.6. The molecular formula is C39H27Cl3Zr. The predicted octanol–water partition coefficient (Wildman–Crippen LogP) is 3.65. The van der Waals surface area contributed by atoms with Crippen LogP contribution >= 0.6 is 11.6 Å². The summed E-state index contributed by atoms with van der Waals surface area (Å²) < 4.78 is 3.53. The van der Waals surface area contributed by atoms with Gasteiger partial charge < -0.3 is 24.8 Å². The molecule has 8 rings (SSSR count). The zero-order valence-corrected chi connectivity index (χ0v) is 28.0. The van der Waals surface area contributed by atoms with Crippen molar-refractivity contribution in [1.82, 2.24) is 0 Å². The molecular weight excluding hydrogens is 666 g/mol. The summed E-state index contributed by atoms with van der Waals surface area (Å²) in [6, 6.07) is 44.8. The molecule has 208 valence electrons. The van der Waals surface area contributed by atoms with Crippen molar-refractivity contribution in [3.8, 4) is 11.1 Å². The Kier molecular flexibility index (Phi) is 8.73. The van der Waals surface area contributed by atoms with Crippen molar-refractivity contribution in [1.29, 1.82) is 0 Å². The van der Waals surface area contributed by atoms with Crippen molar-refractivity contribution in [3.63, 3.8) is 0 Å². The molecule has 0 unspecified atom stereocenters. The molecule has 0 fully saturated rings. The SMILES string of the molecule is Clc1ccc([C](c2ccccc2)=[Zr+2]([c]2cccc3c2c2c(c4ccccc43)-c3ccccc3C2)[CH]2C=CC=C2)cc1.[Cl-].[Cl-]. The van der Waals surface area contributed by atoms with Crippen LogP contribution in [0.25, 0.3) is 32.7 Å². The topological polar surface area (TPSA) is 0 Å². The summed E-state index contributed by atoms with van der Waals surface area (Å²) >= 11 is 3.69. The van der Waals surface area contributed by atoms with E-state index in [4.69, 9.17) is 11.6 Å². The van der Waals surface area contributed by atoms with E-state index in [0.717, 1.165) is 11.4 Å². The fourth-order valence-corrected chi connectivity index (χ4v) is 15.3. The molecule has 0 radical (unpaired) electrons. The van der Waals surface area contributed by atoms with Crippen molar-refractivity contribution in [2.24, 2.45) is 0 Å². The molecule has 0 heterocycles. The normalized spacial score (nSPS) is 13.4. The third kappa shape index (κ3) is 5.11. The number of benzene rings is 6. The summed E-state index contributed by atoms with van der Waals surface area (Å²) in [5.74, 6) is 0. The predicted molar refractivity (Wildman–Crippen MR) is 172 cm³/mol. The van der Waals surface area contributed by atoms with Crippen LogP contribution in [0.3, 0.4) is 0 Å². The van der Waals surface area contributed by atoms with Gasteiger partial charge in [-0.1, -0.05) is 0 Å². The van der Waals surface area contributed by atoms with Gasteiger partial charge in [-0.05, 0) is 0 Å². The molecule has 0 aromatic heterocycles. The van der Waals surface area contributed by atoms with Crippen molar-refractivity contribution in [2.75, 3.05) is 0 Å². The monoisotopic (exact) mass is 690 g/mol. The first-order chi connectivity index (χ1) is 20.3. The Bertz CT molecular complexity index is 2060. The molecule has 0 aliphatic heterocycles. The largest absolute Gasteiger partial charge is 1.00 e. The molecule has 6 aromatic carbocycles. The molecule has 0 atom stereocenters. The fourth-order valence-electron chi connectivity index (χ4n) is 6.95. The van der Waals surface area contributed by atoms with E-state index in [1.807, 2.05) is 12.1 Å². The summed E-state index contributed by atoms with van der Waals surface area (Å²) in [7, 11) is 0. The minimum absolute atomic E-state index is 0. The minimum Gasteiger partial charge on any atom is -1.00 e. The maximum atomic E-state index is 6.41. The van der Waals surface area contributed by atoms with E-state index in [1.54, 1.807) is 3.27 Å². The molecule has 6 aromatic rings. The Labute approximate surface area is 277 Å². The summed E-state index contributed by atoms with van der Waals surface area (Å²) in [5.41, 5.74) is 8.39. The number of rotatable bonds is 4. The van der Waals surface area contributed by atoms with Gasteiger partial charge in [0.2, 0.25) is 0 Å². The first kappa shape index (κ1) is 30.0. The molecule has 0 N–H and O–H groups in total. The molecule has 0 saturated carbocycles. The van der Waals surface area contributed by atoms with Gasteiger partial charge in [0.05, 0.1) is 0 Å². The van der Waals surface area contributed by atoms with E-state index in [-0.39, 0.29) is 24.8 Å². The van der Waals surface area contributed by atoms with Gasteiger partial charge >= 0.3 is 255 Å². The second kappa shape index (κ2) is 12.5. The smallest absolute Gasteiger partial charge is 1.00 e. The van der Waals surface area contributed by atoms with Gasteiger partial charge in [0.25, 0.3) is 0 Å². The van der Waals surface area contributed by atoms with E-state index >= 15 is 0 Å². The van der Waals surface area contributed by atoms with Crippen molar-refractivity contribution in [2.45, 2.75) is 10.0 Å². The van der Waals surface area contributed by atoms with Gasteiger partial charge in [-0.2, -0.15) is 0 Å². The van der Waals surface area contributed by atoms with Crippen LogP contribution in [-0.2, 0) is 27.7 Å². The molecule has 0 nitrogen and oxygen atoms in total. The quantitative estimate of drug-likeness (QED) is 0.247. The average Bonchev–Trinajstić information content (AvgIpc) is 3.70. The maximum Gasteiger partial charge on any atom is -1.00 e. The first-order valence-electron chi connectivity index (χ1n) is 14.2. The van der Waals surface area contributed by atoms with Crippen LogP contribution in [0, 0.1) is 0 Å². The van der Waals surface area contributed by atoms with Gasteiger partial charge in [0.1, 0.15) is 0 Å². The number of allylic oxidation sites excluding steroid dienone is 4.